The van der Waals surface area contributed by atoms with E-state index in [2.05, 4.69) is 106 Å². The summed E-state index contributed by atoms with van der Waals surface area (Å²) in [7, 11) is 0. The van der Waals surface area contributed by atoms with Gasteiger partial charge in [0.25, 0.3) is 0 Å². The molecule has 4 aromatic heterocycles. The molecule has 10 aromatic rings. The molecule has 4 heterocycles. The number of rotatable bonds is 3. The molecular formula is C40H23N3O2. The van der Waals surface area contributed by atoms with Gasteiger partial charge in [0.05, 0.1) is 11.1 Å². The van der Waals surface area contributed by atoms with Crippen LogP contribution in [0.2, 0.25) is 0 Å². The predicted octanol–water partition coefficient (Wildman–Crippen LogP) is 11.2. The van der Waals surface area contributed by atoms with Gasteiger partial charge in [0.1, 0.15) is 16.7 Å². The molecule has 0 fully saturated rings. The van der Waals surface area contributed by atoms with E-state index in [-0.39, 0.29) is 0 Å². The molecule has 0 aliphatic rings. The van der Waals surface area contributed by atoms with Crippen LogP contribution in [0.1, 0.15) is 0 Å². The van der Waals surface area contributed by atoms with Crippen molar-refractivity contribution in [3.63, 3.8) is 0 Å². The van der Waals surface area contributed by atoms with Crippen molar-refractivity contribution in [2.75, 3.05) is 4.90 Å². The van der Waals surface area contributed by atoms with Gasteiger partial charge in [0.15, 0.2) is 5.58 Å². The van der Waals surface area contributed by atoms with Crippen molar-refractivity contribution >= 4 is 93.5 Å². The first-order valence-corrected chi connectivity index (χ1v) is 15.0. The summed E-state index contributed by atoms with van der Waals surface area (Å²) in [5.41, 5.74) is 6.84. The van der Waals surface area contributed by atoms with Gasteiger partial charge in [-0.15, -0.1) is 0 Å². The fourth-order valence-electron chi connectivity index (χ4n) is 6.92. The van der Waals surface area contributed by atoms with E-state index in [9.17, 15) is 0 Å². The zero-order valence-electron chi connectivity index (χ0n) is 23.9. The van der Waals surface area contributed by atoms with Gasteiger partial charge in [-0.3, -0.25) is 4.98 Å². The molecule has 6 aromatic carbocycles. The number of aromatic nitrogens is 2. The summed E-state index contributed by atoms with van der Waals surface area (Å²) in [4.78, 5) is 11.6. The Kier molecular flexibility index (Phi) is 4.93. The van der Waals surface area contributed by atoms with Crippen LogP contribution in [0.5, 0.6) is 0 Å². The lowest BCUT2D eigenvalue weighted by Crippen LogP contribution is -2.10. The first-order valence-electron chi connectivity index (χ1n) is 15.0. The molecule has 0 unspecified atom stereocenters. The zero-order valence-corrected chi connectivity index (χ0v) is 23.9. The maximum absolute atomic E-state index is 6.22. The summed E-state index contributed by atoms with van der Waals surface area (Å²) in [6.45, 7) is 0. The first kappa shape index (κ1) is 24.3. The Hall–Kier alpha value is -6.20. The van der Waals surface area contributed by atoms with Crippen LogP contribution < -0.4 is 4.90 Å². The number of hydrogen-bond acceptors (Lipinski definition) is 5. The van der Waals surface area contributed by atoms with E-state index in [0.717, 1.165) is 55.5 Å². The Morgan fingerprint density at radius 1 is 0.444 bits per heavy atom. The van der Waals surface area contributed by atoms with Crippen LogP contribution in [0.15, 0.2) is 149 Å². The number of benzene rings is 6. The van der Waals surface area contributed by atoms with Crippen LogP contribution in [-0.4, -0.2) is 9.97 Å². The maximum atomic E-state index is 6.22. The normalized spacial score (nSPS) is 12.0. The van der Waals surface area contributed by atoms with E-state index in [0.29, 0.717) is 5.71 Å². The molecule has 0 amide bonds. The molecule has 0 N–H and O–H groups in total. The van der Waals surface area contributed by atoms with Gasteiger partial charge in [0, 0.05) is 34.5 Å². The summed E-state index contributed by atoms with van der Waals surface area (Å²) in [6.07, 6.45) is 3.63. The van der Waals surface area contributed by atoms with Crippen molar-refractivity contribution in [1.29, 1.82) is 0 Å². The number of furan rings is 2. The average molecular weight is 578 g/mol. The van der Waals surface area contributed by atoms with Crippen LogP contribution in [0, 0.1) is 0 Å². The van der Waals surface area contributed by atoms with E-state index < -0.39 is 0 Å². The summed E-state index contributed by atoms with van der Waals surface area (Å²) in [6, 6.07) is 44.6. The van der Waals surface area contributed by atoms with Gasteiger partial charge in [-0.2, -0.15) is 0 Å². The second kappa shape index (κ2) is 9.15. The highest BCUT2D eigenvalue weighted by molar-refractivity contribution is 6.18. The third-order valence-electron chi connectivity index (χ3n) is 8.95. The van der Waals surface area contributed by atoms with Gasteiger partial charge in [-0.05, 0) is 86.9 Å². The summed E-state index contributed by atoms with van der Waals surface area (Å²) < 4.78 is 12.4. The van der Waals surface area contributed by atoms with Crippen molar-refractivity contribution < 1.29 is 8.83 Å². The van der Waals surface area contributed by atoms with E-state index >= 15 is 0 Å². The highest BCUT2D eigenvalue weighted by Crippen LogP contribution is 2.44. The van der Waals surface area contributed by atoms with E-state index in [4.69, 9.17) is 8.83 Å². The van der Waals surface area contributed by atoms with Gasteiger partial charge in [0.2, 0.25) is 5.71 Å². The molecule has 0 saturated carbocycles. The maximum Gasteiger partial charge on any atom is 0.229 e. The second-order valence-electron chi connectivity index (χ2n) is 11.4. The number of hydrogen-bond donors (Lipinski definition) is 0. The summed E-state index contributed by atoms with van der Waals surface area (Å²) >= 11 is 0. The van der Waals surface area contributed by atoms with E-state index in [1.54, 1.807) is 0 Å². The highest BCUT2D eigenvalue weighted by Gasteiger charge is 2.22. The standard InChI is InChI=1S/C40H23N3O2/c1-2-7-28-24(6-1)11-15-31-29-17-13-26(22-25(29)12-16-30(28)31)43(27-14-18-36-33(23-27)39-37(44-36)10-5-20-41-39)34-19-21-42-40-38(34)32-8-3-4-9-35(32)45-40/h1-23H. The molecular weight excluding hydrogens is 554 g/mol. The smallest absolute Gasteiger partial charge is 0.229 e. The Labute approximate surface area is 256 Å². The van der Waals surface area contributed by atoms with Gasteiger partial charge in [-0.1, -0.05) is 72.8 Å². The highest BCUT2D eigenvalue weighted by atomic mass is 16.3. The Balaban J connectivity index is 1.26. The topological polar surface area (TPSA) is 55.3 Å². The minimum atomic E-state index is 0.605. The SMILES string of the molecule is c1ccc2c(c1)ccc1c3ccc(N(c4ccc5oc6cccnc6c5c4)c4ccnc5oc6ccccc6c45)cc3ccc21. The van der Waals surface area contributed by atoms with Crippen molar-refractivity contribution in [2.45, 2.75) is 0 Å². The van der Waals surface area contributed by atoms with Crippen molar-refractivity contribution in [3.05, 3.63) is 140 Å². The van der Waals surface area contributed by atoms with Crippen LogP contribution in [0.4, 0.5) is 17.1 Å². The van der Waals surface area contributed by atoms with Crippen LogP contribution in [-0.2, 0) is 0 Å². The van der Waals surface area contributed by atoms with Gasteiger partial charge in [-0.25, -0.2) is 4.98 Å². The Morgan fingerprint density at radius 3 is 2.09 bits per heavy atom. The largest absolute Gasteiger partial charge is 0.454 e. The lowest BCUT2D eigenvalue weighted by atomic mass is 9.96. The predicted molar refractivity (Wildman–Crippen MR) is 184 cm³/mol. The Bertz CT molecular complexity index is 2790. The lowest BCUT2D eigenvalue weighted by molar-refractivity contribution is 0.654. The molecule has 210 valence electrons. The Morgan fingerprint density at radius 2 is 1.16 bits per heavy atom. The van der Waals surface area contributed by atoms with Crippen molar-refractivity contribution in [3.8, 4) is 0 Å². The number of anilines is 3. The van der Waals surface area contributed by atoms with Gasteiger partial charge >= 0.3 is 0 Å². The number of nitrogens with zero attached hydrogens (tertiary/aromatic N) is 3. The molecule has 0 bridgehead atoms. The monoisotopic (exact) mass is 577 g/mol. The molecule has 0 aliphatic heterocycles. The van der Waals surface area contributed by atoms with Crippen molar-refractivity contribution in [1.82, 2.24) is 9.97 Å². The molecule has 10 rings (SSSR count). The molecule has 5 heteroatoms. The van der Waals surface area contributed by atoms with Crippen molar-refractivity contribution in [2.24, 2.45) is 0 Å². The fraction of sp³-hybridized carbons (Fsp3) is 0. The summed E-state index contributed by atoms with van der Waals surface area (Å²) in [5, 5.41) is 10.4. The second-order valence-corrected chi connectivity index (χ2v) is 11.4. The van der Waals surface area contributed by atoms with Crippen LogP contribution in [0.25, 0.3) is 76.5 Å². The molecule has 5 nitrogen and oxygen atoms in total. The molecule has 0 atom stereocenters. The van der Waals surface area contributed by atoms with Crippen LogP contribution >= 0.6 is 0 Å². The third-order valence-corrected chi connectivity index (χ3v) is 8.95. The molecule has 45 heavy (non-hydrogen) atoms. The van der Waals surface area contributed by atoms with Crippen LogP contribution in [0.3, 0.4) is 0 Å². The van der Waals surface area contributed by atoms with E-state index in [1.807, 2.05) is 48.8 Å². The molecule has 0 aliphatic carbocycles. The quantitative estimate of drug-likeness (QED) is 0.196. The molecule has 0 spiro atoms. The number of pyridine rings is 2. The van der Waals surface area contributed by atoms with E-state index in [1.165, 1.54) is 32.3 Å². The summed E-state index contributed by atoms with van der Waals surface area (Å²) in [5.74, 6) is 0. The van der Waals surface area contributed by atoms with Gasteiger partial charge < -0.3 is 13.7 Å². The zero-order chi connectivity index (χ0) is 29.5. The minimum Gasteiger partial charge on any atom is -0.454 e. The molecule has 0 saturated heterocycles. The minimum absolute atomic E-state index is 0.605. The first-order chi connectivity index (χ1) is 22.3. The lowest BCUT2D eigenvalue weighted by Gasteiger charge is -2.26. The fourth-order valence-corrected chi connectivity index (χ4v) is 6.92. The average Bonchev–Trinajstić information content (AvgIpc) is 3.67. The molecule has 0 radical (unpaired) electrons. The number of fused-ring (bicyclic) bond motifs is 11. The number of para-hydroxylation sites is 1. The third kappa shape index (κ3) is 3.55.